The molecule has 0 aromatic carbocycles. The van der Waals surface area contributed by atoms with Gasteiger partial charge in [-0.1, -0.05) is 0 Å². The number of hydrogen-bond donors (Lipinski definition) is 1. The van der Waals surface area contributed by atoms with Gasteiger partial charge in [0.25, 0.3) is 0 Å². The number of aromatic nitrogens is 1. The minimum Gasteiger partial charge on any atom is -0.351 e. The second kappa shape index (κ2) is 5.36. The Hall–Kier alpha value is -1.01. The third-order valence-electron chi connectivity index (χ3n) is 1.95. The maximum absolute atomic E-state index is 11.8. The van der Waals surface area contributed by atoms with E-state index >= 15 is 0 Å². The van der Waals surface area contributed by atoms with Gasteiger partial charge in [-0.05, 0) is 19.1 Å². The van der Waals surface area contributed by atoms with E-state index in [4.69, 9.17) is 5.73 Å². The number of alkyl halides is 3. The SMILES string of the molecule is CC(N)Cc1cccn1COCC(F)(F)F. The minimum absolute atomic E-state index is 0.0312. The molecular formula is C10H15F3N2O. The van der Waals surface area contributed by atoms with Gasteiger partial charge in [0.15, 0.2) is 0 Å². The molecule has 92 valence electrons. The number of rotatable bonds is 5. The highest BCUT2D eigenvalue weighted by Gasteiger charge is 2.27. The number of halogens is 3. The van der Waals surface area contributed by atoms with Crippen LogP contribution in [0.5, 0.6) is 0 Å². The number of nitrogens with two attached hydrogens (primary N) is 1. The van der Waals surface area contributed by atoms with Crippen LogP contribution in [0.15, 0.2) is 18.3 Å². The van der Waals surface area contributed by atoms with Crippen LogP contribution >= 0.6 is 0 Å². The summed E-state index contributed by atoms with van der Waals surface area (Å²) in [4.78, 5) is 0. The van der Waals surface area contributed by atoms with Crippen molar-refractivity contribution in [2.75, 3.05) is 6.61 Å². The summed E-state index contributed by atoms with van der Waals surface area (Å²) in [5.74, 6) is 0. The predicted molar refractivity (Wildman–Crippen MR) is 53.8 cm³/mol. The molecule has 6 heteroatoms. The van der Waals surface area contributed by atoms with Crippen LogP contribution in [0.3, 0.4) is 0 Å². The summed E-state index contributed by atoms with van der Waals surface area (Å²) in [6.45, 7) is 0.505. The van der Waals surface area contributed by atoms with E-state index in [0.29, 0.717) is 6.42 Å². The summed E-state index contributed by atoms with van der Waals surface area (Å²) < 4.78 is 41.7. The molecule has 0 radical (unpaired) electrons. The Kier molecular flexibility index (Phi) is 4.37. The van der Waals surface area contributed by atoms with Crippen LogP contribution in [0.25, 0.3) is 0 Å². The normalized spacial score (nSPS) is 14.1. The van der Waals surface area contributed by atoms with E-state index in [1.54, 1.807) is 16.8 Å². The first-order valence-electron chi connectivity index (χ1n) is 4.92. The summed E-state index contributed by atoms with van der Waals surface area (Å²) in [5, 5.41) is 0. The lowest BCUT2D eigenvalue weighted by atomic mass is 10.2. The first kappa shape index (κ1) is 13.1. The van der Waals surface area contributed by atoms with Crippen LogP contribution < -0.4 is 5.73 Å². The number of nitrogens with zero attached hydrogens (tertiary/aromatic N) is 1. The van der Waals surface area contributed by atoms with E-state index in [9.17, 15) is 13.2 Å². The van der Waals surface area contributed by atoms with Gasteiger partial charge in [-0.3, -0.25) is 0 Å². The summed E-state index contributed by atoms with van der Waals surface area (Å²) >= 11 is 0. The molecule has 0 saturated carbocycles. The van der Waals surface area contributed by atoms with Crippen LogP contribution in [0.2, 0.25) is 0 Å². The first-order chi connectivity index (χ1) is 7.38. The molecule has 0 aliphatic carbocycles. The predicted octanol–water partition coefficient (Wildman–Crippen LogP) is 1.91. The van der Waals surface area contributed by atoms with Crippen molar-refractivity contribution < 1.29 is 17.9 Å². The first-order valence-corrected chi connectivity index (χ1v) is 4.92. The van der Waals surface area contributed by atoms with Crippen molar-refractivity contribution in [1.29, 1.82) is 0 Å². The molecule has 16 heavy (non-hydrogen) atoms. The molecule has 0 spiro atoms. The molecule has 1 aromatic rings. The maximum Gasteiger partial charge on any atom is 0.411 e. The van der Waals surface area contributed by atoms with Crippen molar-refractivity contribution in [3.63, 3.8) is 0 Å². The van der Waals surface area contributed by atoms with E-state index in [1.165, 1.54) is 0 Å². The van der Waals surface area contributed by atoms with Crippen LogP contribution in [-0.4, -0.2) is 23.4 Å². The van der Waals surface area contributed by atoms with Gasteiger partial charge in [-0.15, -0.1) is 0 Å². The zero-order chi connectivity index (χ0) is 12.2. The Bertz CT molecular complexity index is 320. The Balaban J connectivity index is 2.45. The molecule has 3 nitrogen and oxygen atoms in total. The van der Waals surface area contributed by atoms with E-state index in [-0.39, 0.29) is 12.8 Å². The number of ether oxygens (including phenoxy) is 1. The Morgan fingerprint density at radius 2 is 2.19 bits per heavy atom. The standard InChI is InChI=1S/C10H15F3N2O/c1-8(14)5-9-3-2-4-15(9)7-16-6-10(11,12)13/h2-4,8H,5-7,14H2,1H3. The fraction of sp³-hybridized carbons (Fsp3) is 0.600. The molecule has 1 aromatic heterocycles. The highest BCUT2D eigenvalue weighted by atomic mass is 19.4. The molecule has 0 aliphatic rings. The molecule has 1 atom stereocenters. The van der Waals surface area contributed by atoms with E-state index in [2.05, 4.69) is 4.74 Å². The summed E-state index contributed by atoms with van der Waals surface area (Å²) in [5.41, 5.74) is 6.49. The van der Waals surface area contributed by atoms with Crippen molar-refractivity contribution in [1.82, 2.24) is 4.57 Å². The summed E-state index contributed by atoms with van der Waals surface area (Å²) in [6.07, 6.45) is -2.00. The van der Waals surface area contributed by atoms with Crippen LogP contribution in [0, 0.1) is 0 Å². The second-order valence-corrected chi connectivity index (χ2v) is 3.74. The summed E-state index contributed by atoms with van der Waals surface area (Å²) in [7, 11) is 0. The van der Waals surface area contributed by atoms with Gasteiger partial charge < -0.3 is 15.0 Å². The van der Waals surface area contributed by atoms with Crippen molar-refractivity contribution >= 4 is 0 Å². The molecular weight excluding hydrogens is 221 g/mol. The van der Waals surface area contributed by atoms with Crippen molar-refractivity contribution in [2.24, 2.45) is 5.73 Å². The van der Waals surface area contributed by atoms with Gasteiger partial charge >= 0.3 is 6.18 Å². The molecule has 2 N–H and O–H groups in total. The zero-order valence-corrected chi connectivity index (χ0v) is 9.00. The van der Waals surface area contributed by atoms with Gasteiger partial charge in [0.05, 0.1) is 0 Å². The number of hydrogen-bond acceptors (Lipinski definition) is 2. The molecule has 0 aliphatic heterocycles. The van der Waals surface area contributed by atoms with Gasteiger partial charge in [0, 0.05) is 24.4 Å². The third kappa shape index (κ3) is 4.67. The average Bonchev–Trinajstić information content (AvgIpc) is 2.49. The second-order valence-electron chi connectivity index (χ2n) is 3.74. The highest BCUT2D eigenvalue weighted by molar-refractivity contribution is 5.08. The molecule has 0 fully saturated rings. The highest BCUT2D eigenvalue weighted by Crippen LogP contribution is 2.15. The van der Waals surface area contributed by atoms with Gasteiger partial charge in [-0.2, -0.15) is 13.2 Å². The van der Waals surface area contributed by atoms with E-state index < -0.39 is 12.8 Å². The largest absolute Gasteiger partial charge is 0.411 e. The Morgan fingerprint density at radius 3 is 2.75 bits per heavy atom. The Labute approximate surface area is 92.0 Å². The molecule has 0 bridgehead atoms. The smallest absolute Gasteiger partial charge is 0.351 e. The van der Waals surface area contributed by atoms with E-state index in [1.807, 2.05) is 13.0 Å². The van der Waals surface area contributed by atoms with Gasteiger partial charge in [-0.25, -0.2) is 0 Å². The van der Waals surface area contributed by atoms with Crippen LogP contribution in [-0.2, 0) is 17.9 Å². The Morgan fingerprint density at radius 1 is 1.50 bits per heavy atom. The zero-order valence-electron chi connectivity index (χ0n) is 9.00. The molecule has 1 unspecified atom stereocenters. The molecule has 1 rings (SSSR count). The maximum atomic E-state index is 11.8. The average molecular weight is 236 g/mol. The monoisotopic (exact) mass is 236 g/mol. The lowest BCUT2D eigenvalue weighted by Crippen LogP contribution is -2.22. The summed E-state index contributed by atoms with van der Waals surface area (Å²) in [6, 6.07) is 3.55. The molecule has 0 amide bonds. The fourth-order valence-electron chi connectivity index (χ4n) is 1.35. The van der Waals surface area contributed by atoms with Crippen LogP contribution in [0.4, 0.5) is 13.2 Å². The van der Waals surface area contributed by atoms with Gasteiger partial charge in [0.1, 0.15) is 13.3 Å². The van der Waals surface area contributed by atoms with Crippen molar-refractivity contribution in [3.05, 3.63) is 24.0 Å². The van der Waals surface area contributed by atoms with Crippen molar-refractivity contribution in [2.45, 2.75) is 32.3 Å². The molecule has 1 heterocycles. The third-order valence-corrected chi connectivity index (χ3v) is 1.95. The minimum atomic E-state index is -4.28. The van der Waals surface area contributed by atoms with Crippen molar-refractivity contribution in [3.8, 4) is 0 Å². The quantitative estimate of drug-likeness (QED) is 0.848. The topological polar surface area (TPSA) is 40.2 Å². The van der Waals surface area contributed by atoms with Gasteiger partial charge in [0.2, 0.25) is 0 Å². The lowest BCUT2D eigenvalue weighted by Gasteiger charge is -2.12. The lowest BCUT2D eigenvalue weighted by molar-refractivity contribution is -0.182. The fourth-order valence-corrected chi connectivity index (χ4v) is 1.35. The van der Waals surface area contributed by atoms with E-state index in [0.717, 1.165) is 5.69 Å². The molecule has 0 saturated heterocycles. The van der Waals surface area contributed by atoms with Crippen LogP contribution in [0.1, 0.15) is 12.6 Å².